The van der Waals surface area contributed by atoms with Gasteiger partial charge in [-0.3, -0.25) is 0 Å². The predicted molar refractivity (Wildman–Crippen MR) is 58.6 cm³/mol. The smallest absolute Gasteiger partial charge is 0.0648 e. The number of nitrogens with one attached hydrogen (secondary N) is 1. The van der Waals surface area contributed by atoms with Crippen molar-refractivity contribution in [3.05, 3.63) is 34.5 Å². The van der Waals surface area contributed by atoms with Crippen molar-refractivity contribution >= 4 is 22.5 Å². The fourth-order valence-electron chi connectivity index (χ4n) is 2.32. The number of rotatable bonds is 0. The Morgan fingerprint density at radius 3 is 3.14 bits per heavy atom. The second kappa shape index (κ2) is 2.75. The molecule has 0 fully saturated rings. The standard InChI is InChI=1S/C11H11ClN2/c12-7-3-1-2-6-10-8(13)4-5-9(10)14-11(6)7/h1-3,8,14H,4-5,13H2. The molecule has 1 atom stereocenters. The van der Waals surface area contributed by atoms with E-state index in [2.05, 4.69) is 11.1 Å². The van der Waals surface area contributed by atoms with Crippen molar-refractivity contribution in [1.29, 1.82) is 0 Å². The van der Waals surface area contributed by atoms with Crippen molar-refractivity contribution in [3.63, 3.8) is 0 Å². The number of hydrogen-bond acceptors (Lipinski definition) is 1. The molecule has 0 spiro atoms. The number of hydrogen-bond donors (Lipinski definition) is 2. The monoisotopic (exact) mass is 206 g/mol. The summed E-state index contributed by atoms with van der Waals surface area (Å²) in [4.78, 5) is 3.36. The second-order valence-electron chi connectivity index (χ2n) is 3.82. The van der Waals surface area contributed by atoms with E-state index < -0.39 is 0 Å². The molecule has 1 unspecified atom stereocenters. The summed E-state index contributed by atoms with van der Waals surface area (Å²) in [6.07, 6.45) is 2.09. The Kier molecular flexibility index (Phi) is 1.64. The molecule has 3 rings (SSSR count). The molecule has 0 aliphatic heterocycles. The van der Waals surface area contributed by atoms with E-state index in [-0.39, 0.29) is 6.04 Å². The Balaban J connectivity index is 2.41. The lowest BCUT2D eigenvalue weighted by Gasteiger charge is -2.02. The van der Waals surface area contributed by atoms with Crippen LogP contribution in [0, 0.1) is 0 Å². The van der Waals surface area contributed by atoms with Crippen LogP contribution in [0.5, 0.6) is 0 Å². The van der Waals surface area contributed by atoms with Gasteiger partial charge in [0.15, 0.2) is 0 Å². The van der Waals surface area contributed by atoms with Crippen molar-refractivity contribution in [2.45, 2.75) is 18.9 Å². The van der Waals surface area contributed by atoms with E-state index in [9.17, 15) is 0 Å². The number of aryl methyl sites for hydroxylation is 1. The SMILES string of the molecule is NC1CCc2[nH]c3c(Cl)cccc3c21. The first kappa shape index (κ1) is 8.33. The first-order chi connectivity index (χ1) is 6.77. The van der Waals surface area contributed by atoms with Gasteiger partial charge in [0.1, 0.15) is 0 Å². The lowest BCUT2D eigenvalue weighted by molar-refractivity contribution is 0.714. The maximum Gasteiger partial charge on any atom is 0.0648 e. The summed E-state index contributed by atoms with van der Waals surface area (Å²) in [5, 5.41) is 1.97. The highest BCUT2D eigenvalue weighted by atomic mass is 35.5. The summed E-state index contributed by atoms with van der Waals surface area (Å²) in [6, 6.07) is 6.14. The lowest BCUT2D eigenvalue weighted by atomic mass is 10.1. The van der Waals surface area contributed by atoms with E-state index in [1.165, 1.54) is 16.6 Å². The van der Waals surface area contributed by atoms with Crippen molar-refractivity contribution in [2.24, 2.45) is 5.73 Å². The molecule has 1 aromatic carbocycles. The van der Waals surface area contributed by atoms with Gasteiger partial charge in [-0.15, -0.1) is 0 Å². The molecular weight excluding hydrogens is 196 g/mol. The molecule has 3 heteroatoms. The van der Waals surface area contributed by atoms with Gasteiger partial charge in [0.25, 0.3) is 0 Å². The van der Waals surface area contributed by atoms with Crippen LogP contribution in [0.1, 0.15) is 23.7 Å². The molecule has 2 nitrogen and oxygen atoms in total. The zero-order valence-electron chi connectivity index (χ0n) is 7.68. The summed E-state index contributed by atoms with van der Waals surface area (Å²) in [5.41, 5.74) is 9.61. The highest BCUT2D eigenvalue weighted by Gasteiger charge is 2.24. The minimum Gasteiger partial charge on any atom is -0.357 e. The molecule has 1 aromatic heterocycles. The van der Waals surface area contributed by atoms with Crippen LogP contribution in [0.3, 0.4) is 0 Å². The maximum absolute atomic E-state index is 6.10. The largest absolute Gasteiger partial charge is 0.357 e. The second-order valence-corrected chi connectivity index (χ2v) is 4.23. The van der Waals surface area contributed by atoms with E-state index in [0.29, 0.717) is 0 Å². The van der Waals surface area contributed by atoms with Crippen molar-refractivity contribution in [2.75, 3.05) is 0 Å². The van der Waals surface area contributed by atoms with Gasteiger partial charge in [-0.05, 0) is 24.5 Å². The number of fused-ring (bicyclic) bond motifs is 3. The average molecular weight is 207 g/mol. The molecule has 0 radical (unpaired) electrons. The molecule has 72 valence electrons. The van der Waals surface area contributed by atoms with Crippen LogP contribution >= 0.6 is 11.6 Å². The normalized spacial score (nSPS) is 20.3. The molecule has 0 saturated carbocycles. The highest BCUT2D eigenvalue weighted by molar-refractivity contribution is 6.35. The fraction of sp³-hybridized carbons (Fsp3) is 0.273. The van der Waals surface area contributed by atoms with Crippen molar-refractivity contribution in [1.82, 2.24) is 4.98 Å². The number of nitrogens with two attached hydrogens (primary N) is 1. The van der Waals surface area contributed by atoms with E-state index in [1.807, 2.05) is 12.1 Å². The number of halogens is 1. The molecule has 0 bridgehead atoms. The molecule has 1 heterocycles. The zero-order chi connectivity index (χ0) is 9.71. The first-order valence-electron chi connectivity index (χ1n) is 4.82. The quantitative estimate of drug-likeness (QED) is 0.684. The van der Waals surface area contributed by atoms with Crippen LogP contribution in [0.2, 0.25) is 5.02 Å². The lowest BCUT2D eigenvalue weighted by Crippen LogP contribution is -2.04. The summed E-state index contributed by atoms with van der Waals surface area (Å²) >= 11 is 6.10. The number of aromatic nitrogens is 1. The molecule has 3 N–H and O–H groups in total. The summed E-state index contributed by atoms with van der Waals surface area (Å²) in [6.45, 7) is 0. The Hall–Kier alpha value is -0.990. The zero-order valence-corrected chi connectivity index (χ0v) is 8.43. The Bertz CT molecular complexity index is 501. The van der Waals surface area contributed by atoms with Crippen LogP contribution in [0.4, 0.5) is 0 Å². The van der Waals surface area contributed by atoms with E-state index in [1.54, 1.807) is 0 Å². The van der Waals surface area contributed by atoms with Crippen LogP contribution in [-0.4, -0.2) is 4.98 Å². The first-order valence-corrected chi connectivity index (χ1v) is 5.19. The van der Waals surface area contributed by atoms with Gasteiger partial charge in [-0.2, -0.15) is 0 Å². The van der Waals surface area contributed by atoms with Gasteiger partial charge >= 0.3 is 0 Å². The molecule has 14 heavy (non-hydrogen) atoms. The third kappa shape index (κ3) is 0.954. The molecule has 0 saturated heterocycles. The topological polar surface area (TPSA) is 41.8 Å². The number of H-pyrrole nitrogens is 1. The third-order valence-electron chi connectivity index (χ3n) is 2.98. The molecule has 2 aromatic rings. The summed E-state index contributed by atoms with van der Waals surface area (Å²) in [7, 11) is 0. The van der Waals surface area contributed by atoms with Crippen LogP contribution in [0.15, 0.2) is 18.2 Å². The Labute approximate surface area is 87.1 Å². The minimum atomic E-state index is 0.178. The van der Waals surface area contributed by atoms with Gasteiger partial charge in [-0.1, -0.05) is 23.7 Å². The molecule has 1 aliphatic rings. The molecular formula is C11H11ClN2. The highest BCUT2D eigenvalue weighted by Crippen LogP contribution is 2.37. The van der Waals surface area contributed by atoms with Gasteiger partial charge in [0.2, 0.25) is 0 Å². The van der Waals surface area contributed by atoms with Crippen molar-refractivity contribution in [3.8, 4) is 0 Å². The fourth-order valence-corrected chi connectivity index (χ4v) is 2.54. The van der Waals surface area contributed by atoms with Gasteiger partial charge in [-0.25, -0.2) is 0 Å². The van der Waals surface area contributed by atoms with E-state index >= 15 is 0 Å². The molecule has 0 amide bonds. The van der Waals surface area contributed by atoms with Gasteiger partial charge < -0.3 is 10.7 Å². The minimum absolute atomic E-state index is 0.178. The van der Waals surface area contributed by atoms with Crippen LogP contribution < -0.4 is 5.73 Å². The van der Waals surface area contributed by atoms with Crippen molar-refractivity contribution < 1.29 is 0 Å². The van der Waals surface area contributed by atoms with Gasteiger partial charge in [0.05, 0.1) is 10.5 Å². The average Bonchev–Trinajstić information content (AvgIpc) is 2.68. The third-order valence-corrected chi connectivity index (χ3v) is 3.30. The van der Waals surface area contributed by atoms with E-state index in [0.717, 1.165) is 23.4 Å². The maximum atomic E-state index is 6.10. The molecule has 1 aliphatic carbocycles. The number of benzene rings is 1. The summed E-state index contributed by atoms with van der Waals surface area (Å²) in [5.74, 6) is 0. The number of para-hydroxylation sites is 1. The van der Waals surface area contributed by atoms with Crippen LogP contribution in [-0.2, 0) is 6.42 Å². The predicted octanol–water partition coefficient (Wildman–Crippen LogP) is 2.77. The van der Waals surface area contributed by atoms with E-state index in [4.69, 9.17) is 17.3 Å². The Morgan fingerprint density at radius 1 is 1.43 bits per heavy atom. The van der Waals surface area contributed by atoms with Gasteiger partial charge in [0, 0.05) is 17.1 Å². The number of aromatic amines is 1. The summed E-state index contributed by atoms with van der Waals surface area (Å²) < 4.78 is 0. The Morgan fingerprint density at radius 2 is 2.29 bits per heavy atom. The van der Waals surface area contributed by atoms with Crippen LogP contribution in [0.25, 0.3) is 10.9 Å².